The van der Waals surface area contributed by atoms with Gasteiger partial charge in [-0.15, -0.1) is 0 Å². The molecule has 2 aromatic carbocycles. The lowest BCUT2D eigenvalue weighted by Crippen LogP contribution is -2.45. The van der Waals surface area contributed by atoms with Gasteiger partial charge in [-0.05, 0) is 43.5 Å². The zero-order valence-electron chi connectivity index (χ0n) is 19.7. The Balaban J connectivity index is 1.42. The molecule has 2 aliphatic rings. The summed E-state index contributed by atoms with van der Waals surface area (Å²) in [6, 6.07) is 13.0. The number of sulfonamides is 1. The van der Waals surface area contributed by atoms with Gasteiger partial charge < -0.3 is 15.4 Å². The third kappa shape index (κ3) is 5.54. The molecule has 2 heterocycles. The zero-order valence-corrected chi connectivity index (χ0v) is 21.3. The molecule has 0 bridgehead atoms. The molecule has 0 aliphatic carbocycles. The van der Waals surface area contributed by atoms with Crippen molar-refractivity contribution in [1.29, 1.82) is 0 Å². The smallest absolute Gasteiger partial charge is 0.325 e. The molecule has 36 heavy (non-hydrogen) atoms. The van der Waals surface area contributed by atoms with Crippen LogP contribution in [0.25, 0.3) is 0 Å². The van der Waals surface area contributed by atoms with Crippen LogP contribution in [0.5, 0.6) is 0 Å². The highest BCUT2D eigenvalue weighted by Gasteiger charge is 2.47. The second-order valence-electron chi connectivity index (χ2n) is 8.85. The maximum Gasteiger partial charge on any atom is 0.325 e. The maximum absolute atomic E-state index is 13.0. The average molecular weight is 535 g/mol. The Morgan fingerprint density at radius 2 is 1.83 bits per heavy atom. The Morgan fingerprint density at radius 3 is 2.53 bits per heavy atom. The number of nitrogens with zero attached hydrogens (tertiary/aromatic N) is 2. The Kier molecular flexibility index (Phi) is 7.65. The van der Waals surface area contributed by atoms with Crippen molar-refractivity contribution >= 4 is 45.2 Å². The van der Waals surface area contributed by atoms with Crippen LogP contribution in [0.1, 0.15) is 18.9 Å². The molecule has 0 radical (unpaired) electrons. The Bertz CT molecular complexity index is 1270. The number of amides is 4. The molecule has 0 saturated carbocycles. The van der Waals surface area contributed by atoms with Crippen molar-refractivity contribution in [3.8, 4) is 0 Å². The number of halogens is 1. The van der Waals surface area contributed by atoms with Crippen LogP contribution in [0.4, 0.5) is 10.5 Å². The van der Waals surface area contributed by atoms with Crippen molar-refractivity contribution in [2.45, 2.75) is 30.2 Å². The SMILES string of the molecule is C[C@]1(CCc2ccccc2)NC(=O)N(CC(=O)Nc2ccc(Cl)c(S(=O)(=O)N3CCOCC3)c2)C1=O. The first-order chi connectivity index (χ1) is 17.1. The van der Waals surface area contributed by atoms with E-state index in [1.54, 1.807) is 6.92 Å². The van der Waals surface area contributed by atoms with Crippen molar-refractivity contribution < 1.29 is 27.5 Å². The van der Waals surface area contributed by atoms with Gasteiger partial charge in [-0.1, -0.05) is 41.9 Å². The number of hydrogen-bond donors (Lipinski definition) is 2. The highest BCUT2D eigenvalue weighted by molar-refractivity contribution is 7.89. The summed E-state index contributed by atoms with van der Waals surface area (Å²) in [6.07, 6.45) is 0.953. The van der Waals surface area contributed by atoms with Gasteiger partial charge in [0.15, 0.2) is 0 Å². The quantitative estimate of drug-likeness (QED) is 0.500. The number of aryl methyl sites for hydroxylation is 1. The molecule has 0 unspecified atom stereocenters. The van der Waals surface area contributed by atoms with Gasteiger partial charge in [-0.2, -0.15) is 4.31 Å². The van der Waals surface area contributed by atoms with Gasteiger partial charge in [0.25, 0.3) is 5.91 Å². The number of imide groups is 1. The molecule has 2 aliphatic heterocycles. The number of morpholine rings is 1. The standard InChI is InChI=1S/C24H27ClN4O6S/c1-24(10-9-17-5-3-2-4-6-17)22(31)29(23(32)27-24)16-21(30)26-18-7-8-19(25)20(15-18)36(33,34)28-11-13-35-14-12-28/h2-8,15H,9-14,16H2,1H3,(H,26,30)(H,27,32)/t24-/m1/s1. The summed E-state index contributed by atoms with van der Waals surface area (Å²) in [5, 5.41) is 5.26. The fraction of sp³-hybridized carbons (Fsp3) is 0.375. The summed E-state index contributed by atoms with van der Waals surface area (Å²) < 4.78 is 32.5. The maximum atomic E-state index is 13.0. The van der Waals surface area contributed by atoms with Crippen LogP contribution in [-0.2, 0) is 30.8 Å². The van der Waals surface area contributed by atoms with Crippen LogP contribution in [0.3, 0.4) is 0 Å². The largest absolute Gasteiger partial charge is 0.379 e. The van der Waals surface area contributed by atoms with Crippen LogP contribution >= 0.6 is 11.6 Å². The van der Waals surface area contributed by atoms with E-state index < -0.39 is 40.0 Å². The van der Waals surface area contributed by atoms with E-state index in [0.717, 1.165) is 10.5 Å². The first-order valence-electron chi connectivity index (χ1n) is 11.5. The van der Waals surface area contributed by atoms with Crippen molar-refractivity contribution in [1.82, 2.24) is 14.5 Å². The number of carbonyl (C=O) groups excluding carboxylic acids is 3. The van der Waals surface area contributed by atoms with E-state index in [2.05, 4.69) is 10.6 Å². The number of hydrogen-bond acceptors (Lipinski definition) is 6. The van der Waals surface area contributed by atoms with E-state index in [1.165, 1.54) is 22.5 Å². The first-order valence-corrected chi connectivity index (χ1v) is 13.3. The molecule has 2 N–H and O–H groups in total. The number of benzene rings is 2. The van der Waals surface area contributed by atoms with E-state index in [-0.39, 0.29) is 41.9 Å². The van der Waals surface area contributed by atoms with Gasteiger partial charge in [0.05, 0.1) is 18.2 Å². The number of carbonyl (C=O) groups is 3. The lowest BCUT2D eigenvalue weighted by molar-refractivity contribution is -0.133. The van der Waals surface area contributed by atoms with E-state index in [1.807, 2.05) is 30.3 Å². The number of ether oxygens (including phenoxy) is 1. The molecule has 12 heteroatoms. The van der Waals surface area contributed by atoms with Crippen molar-refractivity contribution in [2.24, 2.45) is 0 Å². The second-order valence-corrected chi connectivity index (χ2v) is 11.2. The van der Waals surface area contributed by atoms with E-state index >= 15 is 0 Å². The fourth-order valence-corrected chi connectivity index (χ4v) is 6.06. The molecule has 0 aromatic heterocycles. The predicted molar refractivity (Wildman–Crippen MR) is 133 cm³/mol. The van der Waals surface area contributed by atoms with Crippen LogP contribution in [-0.4, -0.2) is 73.9 Å². The first kappa shape index (κ1) is 26.1. The molecule has 1 atom stereocenters. The monoisotopic (exact) mass is 534 g/mol. The lowest BCUT2D eigenvalue weighted by Gasteiger charge is -2.26. The fourth-order valence-electron chi connectivity index (χ4n) is 4.15. The summed E-state index contributed by atoms with van der Waals surface area (Å²) in [5.74, 6) is -1.15. The zero-order chi connectivity index (χ0) is 25.9. The molecule has 2 fully saturated rings. The summed E-state index contributed by atoms with van der Waals surface area (Å²) in [5.41, 5.74) is 0.0741. The third-order valence-corrected chi connectivity index (χ3v) is 8.59. The molecule has 2 aromatic rings. The van der Waals surface area contributed by atoms with Crippen molar-refractivity contribution in [2.75, 3.05) is 38.2 Å². The molecule has 10 nitrogen and oxygen atoms in total. The molecule has 4 rings (SSSR count). The summed E-state index contributed by atoms with van der Waals surface area (Å²) >= 11 is 6.16. The van der Waals surface area contributed by atoms with E-state index in [9.17, 15) is 22.8 Å². The summed E-state index contributed by atoms with van der Waals surface area (Å²) in [6.45, 7) is 2.08. The normalized spacial score (nSPS) is 20.9. The van der Waals surface area contributed by atoms with Crippen LogP contribution in [0.2, 0.25) is 5.02 Å². The van der Waals surface area contributed by atoms with Gasteiger partial charge in [0.2, 0.25) is 15.9 Å². The minimum absolute atomic E-state index is 0.0165. The molecule has 192 valence electrons. The Labute approximate surface area is 214 Å². The van der Waals surface area contributed by atoms with Gasteiger partial charge in [-0.3, -0.25) is 14.5 Å². The number of nitrogens with one attached hydrogen (secondary N) is 2. The van der Waals surface area contributed by atoms with Gasteiger partial charge in [0, 0.05) is 18.8 Å². The van der Waals surface area contributed by atoms with Crippen molar-refractivity contribution in [3.05, 3.63) is 59.1 Å². The summed E-state index contributed by atoms with van der Waals surface area (Å²) in [7, 11) is -3.89. The van der Waals surface area contributed by atoms with E-state index in [0.29, 0.717) is 12.8 Å². The Morgan fingerprint density at radius 1 is 1.14 bits per heavy atom. The predicted octanol–water partition coefficient (Wildman–Crippen LogP) is 2.24. The van der Waals surface area contributed by atoms with Crippen molar-refractivity contribution in [3.63, 3.8) is 0 Å². The van der Waals surface area contributed by atoms with Crippen LogP contribution in [0.15, 0.2) is 53.4 Å². The van der Waals surface area contributed by atoms with Gasteiger partial charge in [0.1, 0.15) is 17.0 Å². The van der Waals surface area contributed by atoms with E-state index in [4.69, 9.17) is 16.3 Å². The summed E-state index contributed by atoms with van der Waals surface area (Å²) in [4.78, 5) is 38.9. The second kappa shape index (κ2) is 10.6. The number of urea groups is 1. The topological polar surface area (TPSA) is 125 Å². The van der Waals surface area contributed by atoms with Crippen LogP contribution < -0.4 is 10.6 Å². The molecular weight excluding hydrogens is 508 g/mol. The highest BCUT2D eigenvalue weighted by atomic mass is 35.5. The average Bonchev–Trinajstić information content (AvgIpc) is 3.08. The molecular formula is C24H27ClN4O6S. The van der Waals surface area contributed by atoms with Gasteiger partial charge >= 0.3 is 6.03 Å². The third-order valence-electron chi connectivity index (χ3n) is 6.21. The molecule has 4 amide bonds. The molecule has 2 saturated heterocycles. The number of rotatable bonds is 8. The van der Waals surface area contributed by atoms with Gasteiger partial charge in [-0.25, -0.2) is 13.2 Å². The van der Waals surface area contributed by atoms with Crippen LogP contribution in [0, 0.1) is 0 Å². The lowest BCUT2D eigenvalue weighted by atomic mass is 9.93. The highest BCUT2D eigenvalue weighted by Crippen LogP contribution is 2.29. The minimum atomic E-state index is -3.89. The molecule has 0 spiro atoms. The number of anilines is 1. The minimum Gasteiger partial charge on any atom is -0.379 e. The Hall–Kier alpha value is -2.99.